The molecule has 0 saturated heterocycles. The second-order valence-corrected chi connectivity index (χ2v) is 6.64. The van der Waals surface area contributed by atoms with Crippen LogP contribution in [0.3, 0.4) is 0 Å². The molecule has 6 nitrogen and oxygen atoms in total. The van der Waals surface area contributed by atoms with Gasteiger partial charge < -0.3 is 10.1 Å². The molecule has 0 bridgehead atoms. The van der Waals surface area contributed by atoms with Gasteiger partial charge in [-0.1, -0.05) is 12.1 Å². The lowest BCUT2D eigenvalue weighted by atomic mass is 10.1. The summed E-state index contributed by atoms with van der Waals surface area (Å²) in [7, 11) is 0. The van der Waals surface area contributed by atoms with Gasteiger partial charge in [0.15, 0.2) is 0 Å². The van der Waals surface area contributed by atoms with E-state index in [2.05, 4.69) is 5.32 Å². The molecular formula is C17H22N2O4. The van der Waals surface area contributed by atoms with Crippen LogP contribution in [-0.4, -0.2) is 41.0 Å². The molecule has 0 saturated carbocycles. The van der Waals surface area contributed by atoms with E-state index >= 15 is 0 Å². The maximum atomic E-state index is 12.2. The monoisotopic (exact) mass is 318 g/mol. The van der Waals surface area contributed by atoms with Crippen LogP contribution in [0.25, 0.3) is 0 Å². The third-order valence-corrected chi connectivity index (χ3v) is 3.43. The average molecular weight is 318 g/mol. The quantitative estimate of drug-likeness (QED) is 0.866. The fraction of sp³-hybridized carbons (Fsp3) is 0.471. The van der Waals surface area contributed by atoms with Crippen LogP contribution in [0.1, 0.15) is 54.8 Å². The van der Waals surface area contributed by atoms with Gasteiger partial charge in [0.05, 0.1) is 11.1 Å². The molecule has 6 heteroatoms. The van der Waals surface area contributed by atoms with Crippen LogP contribution in [-0.2, 0) is 4.74 Å². The molecule has 1 aromatic carbocycles. The van der Waals surface area contributed by atoms with Gasteiger partial charge in [-0.2, -0.15) is 0 Å². The number of nitrogens with one attached hydrogen (secondary N) is 1. The number of imide groups is 1. The van der Waals surface area contributed by atoms with Crippen molar-refractivity contribution in [1.29, 1.82) is 0 Å². The van der Waals surface area contributed by atoms with Gasteiger partial charge in [-0.05, 0) is 46.2 Å². The van der Waals surface area contributed by atoms with Crippen molar-refractivity contribution in [3.63, 3.8) is 0 Å². The summed E-state index contributed by atoms with van der Waals surface area (Å²) in [6.07, 6.45) is -0.0441. The molecule has 1 unspecified atom stereocenters. The molecule has 1 aliphatic rings. The lowest BCUT2D eigenvalue weighted by Crippen LogP contribution is -2.40. The smallest absolute Gasteiger partial charge is 0.407 e. The standard InChI is InChI=1S/C17H22N2O4/c1-11(18-16(22)23-17(2,3)4)9-10-19-14(20)12-7-5-6-8-13(12)15(19)21/h5-8,11H,9-10H2,1-4H3,(H,18,22). The number of fused-ring (bicyclic) bond motifs is 1. The van der Waals surface area contributed by atoms with Crippen molar-refractivity contribution in [2.45, 2.75) is 45.8 Å². The first-order valence-electron chi connectivity index (χ1n) is 7.64. The van der Waals surface area contributed by atoms with Crippen molar-refractivity contribution in [2.75, 3.05) is 6.54 Å². The number of benzene rings is 1. The lowest BCUT2D eigenvalue weighted by molar-refractivity contribution is 0.0504. The predicted molar refractivity (Wildman–Crippen MR) is 85.3 cm³/mol. The fourth-order valence-corrected chi connectivity index (χ4v) is 2.35. The number of hydrogen-bond acceptors (Lipinski definition) is 4. The second-order valence-electron chi connectivity index (χ2n) is 6.64. The highest BCUT2D eigenvalue weighted by Gasteiger charge is 2.34. The van der Waals surface area contributed by atoms with Gasteiger partial charge in [-0.25, -0.2) is 4.79 Å². The van der Waals surface area contributed by atoms with E-state index in [-0.39, 0.29) is 24.4 Å². The zero-order chi connectivity index (χ0) is 17.2. The van der Waals surface area contributed by atoms with E-state index in [1.165, 1.54) is 4.90 Å². The highest BCUT2D eigenvalue weighted by molar-refractivity contribution is 6.21. The number of hydrogen-bond donors (Lipinski definition) is 1. The summed E-state index contributed by atoms with van der Waals surface area (Å²) >= 11 is 0. The molecule has 1 heterocycles. The van der Waals surface area contributed by atoms with E-state index in [4.69, 9.17) is 4.74 Å². The molecule has 0 aliphatic carbocycles. The average Bonchev–Trinajstić information content (AvgIpc) is 2.67. The van der Waals surface area contributed by atoms with E-state index < -0.39 is 11.7 Å². The van der Waals surface area contributed by atoms with Gasteiger partial charge >= 0.3 is 6.09 Å². The van der Waals surface area contributed by atoms with E-state index in [0.29, 0.717) is 17.5 Å². The molecule has 0 radical (unpaired) electrons. The molecule has 0 spiro atoms. The Morgan fingerprint density at radius 1 is 1.17 bits per heavy atom. The summed E-state index contributed by atoms with van der Waals surface area (Å²) in [5.74, 6) is -0.565. The Morgan fingerprint density at radius 2 is 1.70 bits per heavy atom. The van der Waals surface area contributed by atoms with Gasteiger partial charge in [0, 0.05) is 12.6 Å². The number of alkyl carbamates (subject to hydrolysis) is 1. The lowest BCUT2D eigenvalue weighted by Gasteiger charge is -2.22. The molecule has 1 aromatic rings. The zero-order valence-electron chi connectivity index (χ0n) is 13.9. The highest BCUT2D eigenvalue weighted by atomic mass is 16.6. The molecule has 1 N–H and O–H groups in total. The number of ether oxygens (including phenoxy) is 1. The van der Waals surface area contributed by atoms with Gasteiger partial charge in [-0.15, -0.1) is 0 Å². The second kappa shape index (κ2) is 6.40. The molecule has 1 aliphatic heterocycles. The maximum Gasteiger partial charge on any atom is 0.407 e. The Morgan fingerprint density at radius 3 is 2.17 bits per heavy atom. The topological polar surface area (TPSA) is 75.7 Å². The summed E-state index contributed by atoms with van der Waals surface area (Å²) < 4.78 is 5.18. The third kappa shape index (κ3) is 4.09. The Bertz CT molecular complexity index is 599. The van der Waals surface area contributed by atoms with E-state index in [1.807, 2.05) is 6.92 Å². The van der Waals surface area contributed by atoms with Crippen LogP contribution < -0.4 is 5.32 Å². The largest absolute Gasteiger partial charge is 0.444 e. The van der Waals surface area contributed by atoms with Gasteiger partial charge in [-0.3, -0.25) is 14.5 Å². The van der Waals surface area contributed by atoms with Crippen molar-refractivity contribution >= 4 is 17.9 Å². The molecule has 2 rings (SSSR count). The minimum atomic E-state index is -0.563. The summed E-state index contributed by atoms with van der Waals surface area (Å²) in [5.41, 5.74) is 0.308. The van der Waals surface area contributed by atoms with E-state index in [9.17, 15) is 14.4 Å². The van der Waals surface area contributed by atoms with Crippen molar-refractivity contribution in [2.24, 2.45) is 0 Å². The Balaban J connectivity index is 1.89. The summed E-state index contributed by atoms with van der Waals surface area (Å²) in [6.45, 7) is 7.42. The number of carbonyl (C=O) groups is 3. The van der Waals surface area contributed by atoms with E-state index in [0.717, 1.165) is 0 Å². The summed E-state index contributed by atoms with van der Waals surface area (Å²) in [5, 5.41) is 2.70. The molecule has 3 amide bonds. The van der Waals surface area contributed by atoms with Crippen molar-refractivity contribution in [3.05, 3.63) is 35.4 Å². The minimum absolute atomic E-state index is 0.214. The van der Waals surface area contributed by atoms with Crippen LogP contribution >= 0.6 is 0 Å². The first-order chi connectivity index (χ1) is 10.7. The Hall–Kier alpha value is -2.37. The van der Waals surface area contributed by atoms with Gasteiger partial charge in [0.2, 0.25) is 0 Å². The maximum absolute atomic E-state index is 12.2. The van der Waals surface area contributed by atoms with Crippen LogP contribution in [0, 0.1) is 0 Å². The molecule has 0 aromatic heterocycles. The molecule has 0 fully saturated rings. The highest BCUT2D eigenvalue weighted by Crippen LogP contribution is 2.22. The van der Waals surface area contributed by atoms with Crippen molar-refractivity contribution in [3.8, 4) is 0 Å². The van der Waals surface area contributed by atoms with Crippen molar-refractivity contribution < 1.29 is 19.1 Å². The van der Waals surface area contributed by atoms with Crippen LogP contribution in [0.2, 0.25) is 0 Å². The molecule has 1 atom stereocenters. The third-order valence-electron chi connectivity index (χ3n) is 3.43. The number of nitrogens with zero attached hydrogens (tertiary/aromatic N) is 1. The molecular weight excluding hydrogens is 296 g/mol. The first-order valence-corrected chi connectivity index (χ1v) is 7.64. The normalized spacial score (nSPS) is 15.4. The Kier molecular flexibility index (Phi) is 4.73. The Labute approximate surface area is 135 Å². The zero-order valence-corrected chi connectivity index (χ0v) is 13.9. The SMILES string of the molecule is CC(CCN1C(=O)c2ccccc2C1=O)NC(=O)OC(C)(C)C. The van der Waals surface area contributed by atoms with Crippen LogP contribution in [0.15, 0.2) is 24.3 Å². The molecule has 23 heavy (non-hydrogen) atoms. The summed E-state index contributed by atoms with van der Waals surface area (Å²) in [4.78, 5) is 37.4. The van der Waals surface area contributed by atoms with Gasteiger partial charge in [0.1, 0.15) is 5.60 Å². The van der Waals surface area contributed by atoms with Crippen molar-refractivity contribution in [1.82, 2.24) is 10.2 Å². The predicted octanol–water partition coefficient (Wildman–Crippen LogP) is 2.59. The number of rotatable bonds is 4. The van der Waals surface area contributed by atoms with Gasteiger partial charge in [0.25, 0.3) is 11.8 Å². The van der Waals surface area contributed by atoms with Crippen LogP contribution in [0.4, 0.5) is 4.79 Å². The first kappa shape index (κ1) is 17.0. The van der Waals surface area contributed by atoms with Crippen LogP contribution in [0.5, 0.6) is 0 Å². The number of carbonyl (C=O) groups excluding carboxylic acids is 3. The number of amides is 3. The molecule has 124 valence electrons. The van der Waals surface area contributed by atoms with E-state index in [1.54, 1.807) is 45.0 Å². The fourth-order valence-electron chi connectivity index (χ4n) is 2.35. The minimum Gasteiger partial charge on any atom is -0.444 e. The summed E-state index contributed by atoms with van der Waals surface area (Å²) in [6, 6.07) is 6.56.